The zero-order chi connectivity index (χ0) is 16.4. The normalized spacial score (nSPS) is 17.1. The summed E-state index contributed by atoms with van der Waals surface area (Å²) < 4.78 is 0. The Hall–Kier alpha value is -1.85. The van der Waals surface area contributed by atoms with E-state index in [-0.39, 0.29) is 18.9 Å². The molecule has 0 heterocycles. The highest BCUT2D eigenvalue weighted by Gasteiger charge is 2.20. The molecule has 1 rings (SSSR count). The Morgan fingerprint density at radius 1 is 1.18 bits per heavy atom. The number of amides is 2. The molecule has 1 atom stereocenters. The molecule has 0 aromatic heterocycles. The third-order valence-corrected chi connectivity index (χ3v) is 3.89. The molecule has 0 saturated heterocycles. The van der Waals surface area contributed by atoms with Crippen LogP contribution >= 0.6 is 0 Å². The van der Waals surface area contributed by atoms with Gasteiger partial charge >= 0.3 is 5.97 Å². The minimum atomic E-state index is -1.08. The number of hydrogen-bond donors (Lipinski definition) is 3. The van der Waals surface area contributed by atoms with Gasteiger partial charge in [0.1, 0.15) is 6.04 Å². The Morgan fingerprint density at radius 3 is 2.45 bits per heavy atom. The van der Waals surface area contributed by atoms with Gasteiger partial charge in [0.25, 0.3) is 0 Å². The van der Waals surface area contributed by atoms with E-state index in [0.29, 0.717) is 12.3 Å². The van der Waals surface area contributed by atoms with Crippen LogP contribution in [0.2, 0.25) is 0 Å². The Kier molecular flexibility index (Phi) is 8.25. The lowest BCUT2D eigenvalue weighted by Crippen LogP contribution is -2.45. The number of nitrogens with one attached hydrogen (secondary N) is 2. The summed E-state index contributed by atoms with van der Waals surface area (Å²) in [5.41, 5.74) is 0. The van der Waals surface area contributed by atoms with E-state index in [1.807, 2.05) is 0 Å². The molecule has 1 aliphatic carbocycles. The van der Waals surface area contributed by atoms with Gasteiger partial charge in [-0.15, -0.1) is 0 Å². The maximum atomic E-state index is 11.8. The van der Waals surface area contributed by atoms with E-state index in [1.165, 1.54) is 19.3 Å². The zero-order valence-electron chi connectivity index (χ0n) is 13.1. The van der Waals surface area contributed by atoms with E-state index in [4.69, 9.17) is 5.11 Å². The highest BCUT2D eigenvalue weighted by molar-refractivity contribution is 5.87. The van der Waals surface area contributed by atoms with Crippen molar-refractivity contribution < 1.29 is 19.5 Å². The first kappa shape index (κ1) is 18.2. The minimum absolute atomic E-state index is 0.137. The van der Waals surface area contributed by atoms with Crippen molar-refractivity contribution in [1.29, 1.82) is 0 Å². The van der Waals surface area contributed by atoms with Crippen molar-refractivity contribution in [2.75, 3.05) is 6.54 Å². The number of carboxylic acid groups (broad SMARTS) is 1. The molecule has 22 heavy (non-hydrogen) atoms. The van der Waals surface area contributed by atoms with E-state index in [2.05, 4.69) is 10.6 Å². The summed E-state index contributed by atoms with van der Waals surface area (Å²) >= 11 is 0. The Morgan fingerprint density at radius 2 is 1.86 bits per heavy atom. The SMILES string of the molecule is C/C=C/CC(NC(=O)CNC(=O)CC1CCCCC1)C(=O)O. The smallest absolute Gasteiger partial charge is 0.326 e. The van der Waals surface area contributed by atoms with Gasteiger partial charge in [0.05, 0.1) is 6.54 Å². The van der Waals surface area contributed by atoms with Crippen LogP contribution in [0.25, 0.3) is 0 Å². The first-order chi connectivity index (χ1) is 10.5. The number of hydrogen-bond acceptors (Lipinski definition) is 3. The van der Waals surface area contributed by atoms with Gasteiger partial charge in [-0.05, 0) is 32.1 Å². The largest absolute Gasteiger partial charge is 0.480 e. The molecule has 6 heteroatoms. The number of rotatable bonds is 8. The number of carbonyl (C=O) groups excluding carboxylic acids is 2. The van der Waals surface area contributed by atoms with Gasteiger partial charge in [-0.1, -0.05) is 31.4 Å². The molecule has 1 saturated carbocycles. The van der Waals surface area contributed by atoms with Crippen molar-refractivity contribution in [2.24, 2.45) is 5.92 Å². The molecule has 6 nitrogen and oxygen atoms in total. The van der Waals surface area contributed by atoms with Crippen molar-refractivity contribution >= 4 is 17.8 Å². The highest BCUT2D eigenvalue weighted by atomic mass is 16.4. The van der Waals surface area contributed by atoms with Crippen LogP contribution in [-0.4, -0.2) is 35.5 Å². The molecule has 0 bridgehead atoms. The molecule has 1 unspecified atom stereocenters. The number of allylic oxidation sites excluding steroid dienone is 1. The summed E-state index contributed by atoms with van der Waals surface area (Å²) in [4.78, 5) is 34.5. The second-order valence-electron chi connectivity index (χ2n) is 5.75. The molecule has 0 aliphatic heterocycles. The standard InChI is InChI=1S/C16H26N2O4/c1-2-3-9-13(16(21)22)18-15(20)11-17-14(19)10-12-7-5-4-6-8-12/h2-3,12-13H,4-11H2,1H3,(H,17,19)(H,18,20)(H,21,22)/b3-2+. The van der Waals surface area contributed by atoms with Gasteiger partial charge < -0.3 is 15.7 Å². The molecule has 124 valence electrons. The fourth-order valence-corrected chi connectivity index (χ4v) is 2.64. The van der Waals surface area contributed by atoms with Crippen molar-refractivity contribution in [1.82, 2.24) is 10.6 Å². The summed E-state index contributed by atoms with van der Waals surface area (Å²) in [5, 5.41) is 14.0. The first-order valence-electron chi connectivity index (χ1n) is 7.93. The van der Waals surface area contributed by atoms with Crippen LogP contribution in [-0.2, 0) is 14.4 Å². The fourth-order valence-electron chi connectivity index (χ4n) is 2.64. The maximum Gasteiger partial charge on any atom is 0.326 e. The van der Waals surface area contributed by atoms with Crippen LogP contribution in [0.5, 0.6) is 0 Å². The van der Waals surface area contributed by atoms with Crippen molar-refractivity contribution in [3.63, 3.8) is 0 Å². The predicted molar refractivity (Wildman–Crippen MR) is 83.2 cm³/mol. The van der Waals surface area contributed by atoms with E-state index in [0.717, 1.165) is 12.8 Å². The van der Waals surface area contributed by atoms with Crippen molar-refractivity contribution in [2.45, 2.75) is 57.9 Å². The molecule has 1 aliphatic rings. The van der Waals surface area contributed by atoms with Crippen LogP contribution in [0.15, 0.2) is 12.2 Å². The second kappa shape index (κ2) is 9.97. The van der Waals surface area contributed by atoms with Gasteiger partial charge in [0.2, 0.25) is 11.8 Å². The van der Waals surface area contributed by atoms with Crippen LogP contribution in [0, 0.1) is 5.92 Å². The molecular weight excluding hydrogens is 284 g/mol. The predicted octanol–water partition coefficient (Wildman–Crippen LogP) is 1.61. The molecule has 0 spiro atoms. The lowest BCUT2D eigenvalue weighted by atomic mass is 9.87. The van der Waals surface area contributed by atoms with Gasteiger partial charge in [-0.3, -0.25) is 9.59 Å². The number of aliphatic carboxylic acids is 1. The summed E-state index contributed by atoms with van der Waals surface area (Å²) in [6.45, 7) is 1.61. The van der Waals surface area contributed by atoms with Crippen LogP contribution in [0.1, 0.15) is 51.9 Å². The first-order valence-corrected chi connectivity index (χ1v) is 7.93. The van der Waals surface area contributed by atoms with E-state index in [1.54, 1.807) is 19.1 Å². The highest BCUT2D eigenvalue weighted by Crippen LogP contribution is 2.25. The molecule has 3 N–H and O–H groups in total. The average Bonchev–Trinajstić information content (AvgIpc) is 2.50. The van der Waals surface area contributed by atoms with Crippen molar-refractivity contribution in [3.8, 4) is 0 Å². The van der Waals surface area contributed by atoms with Crippen LogP contribution < -0.4 is 10.6 Å². The lowest BCUT2D eigenvalue weighted by Gasteiger charge is -2.20. The van der Waals surface area contributed by atoms with Crippen LogP contribution in [0.3, 0.4) is 0 Å². The maximum absolute atomic E-state index is 11.8. The second-order valence-corrected chi connectivity index (χ2v) is 5.75. The number of carboxylic acids is 1. The zero-order valence-corrected chi connectivity index (χ0v) is 13.1. The summed E-state index contributed by atoms with van der Waals surface area (Å²) in [6, 6.07) is -0.959. The van der Waals surface area contributed by atoms with E-state index in [9.17, 15) is 14.4 Å². The van der Waals surface area contributed by atoms with E-state index >= 15 is 0 Å². The topological polar surface area (TPSA) is 95.5 Å². The number of carbonyl (C=O) groups is 3. The quantitative estimate of drug-likeness (QED) is 0.593. The Balaban J connectivity index is 2.28. The summed E-state index contributed by atoms with van der Waals surface area (Å²) in [7, 11) is 0. The minimum Gasteiger partial charge on any atom is -0.480 e. The van der Waals surface area contributed by atoms with Gasteiger partial charge in [-0.2, -0.15) is 0 Å². The fraction of sp³-hybridized carbons (Fsp3) is 0.688. The van der Waals surface area contributed by atoms with Gasteiger partial charge in [0, 0.05) is 6.42 Å². The molecule has 0 radical (unpaired) electrons. The third kappa shape index (κ3) is 7.24. The lowest BCUT2D eigenvalue weighted by molar-refractivity contribution is -0.141. The average molecular weight is 310 g/mol. The molecule has 0 aromatic rings. The molecular formula is C16H26N2O4. The van der Waals surface area contributed by atoms with Crippen LogP contribution in [0.4, 0.5) is 0 Å². The molecule has 0 aromatic carbocycles. The molecule has 2 amide bonds. The third-order valence-electron chi connectivity index (χ3n) is 3.89. The monoisotopic (exact) mass is 310 g/mol. The van der Waals surface area contributed by atoms with Gasteiger partial charge in [0.15, 0.2) is 0 Å². The van der Waals surface area contributed by atoms with E-state index < -0.39 is 17.9 Å². The Bertz CT molecular complexity index is 414. The molecule has 1 fully saturated rings. The Labute approximate surface area is 131 Å². The summed E-state index contributed by atoms with van der Waals surface area (Å²) in [6.07, 6.45) is 9.82. The van der Waals surface area contributed by atoms with Crippen molar-refractivity contribution in [3.05, 3.63) is 12.2 Å². The summed E-state index contributed by atoms with van der Waals surface area (Å²) in [5.74, 6) is -1.28. The van der Waals surface area contributed by atoms with Gasteiger partial charge in [-0.25, -0.2) is 4.79 Å².